The summed E-state index contributed by atoms with van der Waals surface area (Å²) in [7, 11) is 0. The Bertz CT molecular complexity index is 605. The summed E-state index contributed by atoms with van der Waals surface area (Å²) in [5.41, 5.74) is 2.54. The molecule has 0 radical (unpaired) electrons. The van der Waals surface area contributed by atoms with Gasteiger partial charge < -0.3 is 10.1 Å². The average Bonchev–Trinajstić information content (AvgIpc) is 2.47. The Kier molecular flexibility index (Phi) is 4.99. The standard InChI is InChI=1S/C18H21NO2/c1-4-14(3)21-17-10-8-15(9-11-17)18(20)19-16-7-5-6-13(2)12-16/h5-12,14H,4H2,1-3H3,(H,19,20). The number of aryl methyl sites for hydroxylation is 1. The molecule has 3 nitrogen and oxygen atoms in total. The normalized spacial score (nSPS) is 11.8. The van der Waals surface area contributed by atoms with Crippen LogP contribution in [0, 0.1) is 6.92 Å². The molecular weight excluding hydrogens is 262 g/mol. The van der Waals surface area contributed by atoms with Crippen molar-refractivity contribution in [2.75, 3.05) is 5.32 Å². The van der Waals surface area contributed by atoms with Gasteiger partial charge in [-0.15, -0.1) is 0 Å². The fourth-order valence-electron chi connectivity index (χ4n) is 1.93. The highest BCUT2D eigenvalue weighted by atomic mass is 16.5. The SMILES string of the molecule is CCC(C)Oc1ccc(C(=O)Nc2cccc(C)c2)cc1. The fraction of sp³-hybridized carbons (Fsp3) is 0.278. The van der Waals surface area contributed by atoms with Crippen molar-refractivity contribution in [1.82, 2.24) is 0 Å². The van der Waals surface area contributed by atoms with Crippen molar-refractivity contribution in [3.63, 3.8) is 0 Å². The molecule has 0 saturated carbocycles. The van der Waals surface area contributed by atoms with E-state index in [1.807, 2.05) is 50.2 Å². The van der Waals surface area contributed by atoms with Crippen LogP contribution in [0.15, 0.2) is 48.5 Å². The smallest absolute Gasteiger partial charge is 0.255 e. The largest absolute Gasteiger partial charge is 0.491 e. The molecule has 1 amide bonds. The summed E-state index contributed by atoms with van der Waals surface area (Å²) < 4.78 is 5.70. The Balaban J connectivity index is 2.03. The first-order chi connectivity index (χ1) is 10.1. The van der Waals surface area contributed by atoms with Gasteiger partial charge >= 0.3 is 0 Å². The molecule has 1 unspecified atom stereocenters. The lowest BCUT2D eigenvalue weighted by Crippen LogP contribution is -2.12. The first-order valence-electron chi connectivity index (χ1n) is 7.23. The molecule has 1 atom stereocenters. The van der Waals surface area contributed by atoms with Crippen molar-refractivity contribution < 1.29 is 9.53 Å². The summed E-state index contributed by atoms with van der Waals surface area (Å²) in [6.45, 7) is 6.10. The molecule has 3 heteroatoms. The second-order valence-electron chi connectivity index (χ2n) is 5.18. The zero-order chi connectivity index (χ0) is 15.2. The van der Waals surface area contributed by atoms with Crippen LogP contribution in [-0.2, 0) is 0 Å². The zero-order valence-electron chi connectivity index (χ0n) is 12.7. The van der Waals surface area contributed by atoms with E-state index in [2.05, 4.69) is 12.2 Å². The summed E-state index contributed by atoms with van der Waals surface area (Å²) >= 11 is 0. The second-order valence-corrected chi connectivity index (χ2v) is 5.18. The van der Waals surface area contributed by atoms with Crippen molar-refractivity contribution in [1.29, 1.82) is 0 Å². The van der Waals surface area contributed by atoms with Gasteiger partial charge in [0.25, 0.3) is 5.91 Å². The van der Waals surface area contributed by atoms with Gasteiger partial charge in [0.05, 0.1) is 6.10 Å². The number of anilines is 1. The van der Waals surface area contributed by atoms with Crippen LogP contribution >= 0.6 is 0 Å². The third-order valence-corrected chi connectivity index (χ3v) is 3.30. The molecule has 0 aliphatic rings. The highest BCUT2D eigenvalue weighted by Gasteiger charge is 2.07. The van der Waals surface area contributed by atoms with E-state index < -0.39 is 0 Å². The van der Waals surface area contributed by atoms with Gasteiger partial charge in [-0.05, 0) is 62.2 Å². The van der Waals surface area contributed by atoms with E-state index in [0.29, 0.717) is 5.56 Å². The Labute approximate surface area is 126 Å². The van der Waals surface area contributed by atoms with E-state index in [1.54, 1.807) is 12.1 Å². The minimum Gasteiger partial charge on any atom is -0.491 e. The number of rotatable bonds is 5. The number of carbonyl (C=O) groups is 1. The van der Waals surface area contributed by atoms with Gasteiger partial charge in [0.15, 0.2) is 0 Å². The quantitative estimate of drug-likeness (QED) is 0.881. The maximum Gasteiger partial charge on any atom is 0.255 e. The number of carbonyl (C=O) groups excluding carboxylic acids is 1. The predicted molar refractivity (Wildman–Crippen MR) is 86.0 cm³/mol. The minimum absolute atomic E-state index is 0.115. The van der Waals surface area contributed by atoms with Crippen molar-refractivity contribution in [3.05, 3.63) is 59.7 Å². The number of amides is 1. The van der Waals surface area contributed by atoms with Gasteiger partial charge in [0, 0.05) is 11.3 Å². The topological polar surface area (TPSA) is 38.3 Å². The predicted octanol–water partition coefficient (Wildman–Crippen LogP) is 4.42. The zero-order valence-corrected chi connectivity index (χ0v) is 12.7. The summed E-state index contributed by atoms with van der Waals surface area (Å²) in [6.07, 6.45) is 1.13. The second kappa shape index (κ2) is 6.93. The molecule has 110 valence electrons. The third-order valence-electron chi connectivity index (χ3n) is 3.30. The highest BCUT2D eigenvalue weighted by molar-refractivity contribution is 6.04. The number of hydrogen-bond donors (Lipinski definition) is 1. The van der Waals surface area contributed by atoms with Gasteiger partial charge in [-0.3, -0.25) is 4.79 Å². The van der Waals surface area contributed by atoms with Gasteiger partial charge in [-0.1, -0.05) is 19.1 Å². The van der Waals surface area contributed by atoms with E-state index in [1.165, 1.54) is 0 Å². The number of benzene rings is 2. The monoisotopic (exact) mass is 283 g/mol. The van der Waals surface area contributed by atoms with Crippen LogP contribution in [0.25, 0.3) is 0 Å². The maximum atomic E-state index is 12.2. The van der Waals surface area contributed by atoms with Crippen LogP contribution in [-0.4, -0.2) is 12.0 Å². The molecule has 2 aromatic rings. The van der Waals surface area contributed by atoms with E-state index in [-0.39, 0.29) is 12.0 Å². The molecular formula is C18H21NO2. The first kappa shape index (κ1) is 15.1. The maximum absolute atomic E-state index is 12.2. The highest BCUT2D eigenvalue weighted by Crippen LogP contribution is 2.16. The molecule has 0 bridgehead atoms. The van der Waals surface area contributed by atoms with Gasteiger partial charge in [0.1, 0.15) is 5.75 Å². The van der Waals surface area contributed by atoms with Crippen molar-refractivity contribution in [3.8, 4) is 5.75 Å². The molecule has 2 rings (SSSR count). The molecule has 0 saturated heterocycles. The van der Waals surface area contributed by atoms with Crippen LogP contribution in [0.5, 0.6) is 5.75 Å². The summed E-state index contributed by atoms with van der Waals surface area (Å²) in [5.74, 6) is 0.673. The summed E-state index contributed by atoms with van der Waals surface area (Å²) in [6, 6.07) is 15.0. The Morgan fingerprint density at radius 2 is 1.90 bits per heavy atom. The number of hydrogen-bond acceptors (Lipinski definition) is 2. The molecule has 0 fully saturated rings. The number of ether oxygens (including phenoxy) is 1. The average molecular weight is 283 g/mol. The van der Waals surface area contributed by atoms with Crippen molar-refractivity contribution in [2.24, 2.45) is 0 Å². The van der Waals surface area contributed by atoms with Crippen LogP contribution in [0.2, 0.25) is 0 Å². The first-order valence-corrected chi connectivity index (χ1v) is 7.23. The van der Waals surface area contributed by atoms with E-state index in [4.69, 9.17) is 4.74 Å². The number of nitrogens with one attached hydrogen (secondary N) is 1. The molecule has 21 heavy (non-hydrogen) atoms. The van der Waals surface area contributed by atoms with Crippen LogP contribution in [0.3, 0.4) is 0 Å². The van der Waals surface area contributed by atoms with E-state index in [9.17, 15) is 4.79 Å². The molecule has 0 aliphatic heterocycles. The lowest BCUT2D eigenvalue weighted by Gasteiger charge is -2.12. The van der Waals surface area contributed by atoms with Crippen LogP contribution < -0.4 is 10.1 Å². The van der Waals surface area contributed by atoms with E-state index in [0.717, 1.165) is 23.4 Å². The van der Waals surface area contributed by atoms with Crippen LogP contribution in [0.1, 0.15) is 36.2 Å². The van der Waals surface area contributed by atoms with Crippen molar-refractivity contribution >= 4 is 11.6 Å². The third kappa shape index (κ3) is 4.35. The lowest BCUT2D eigenvalue weighted by atomic mass is 10.2. The van der Waals surface area contributed by atoms with Gasteiger partial charge in [0.2, 0.25) is 0 Å². The Hall–Kier alpha value is -2.29. The molecule has 2 aromatic carbocycles. The van der Waals surface area contributed by atoms with Crippen molar-refractivity contribution in [2.45, 2.75) is 33.3 Å². The van der Waals surface area contributed by atoms with Gasteiger partial charge in [-0.25, -0.2) is 0 Å². The molecule has 0 aliphatic carbocycles. The fourth-order valence-corrected chi connectivity index (χ4v) is 1.93. The summed E-state index contributed by atoms with van der Waals surface area (Å²) in [5, 5.41) is 2.89. The van der Waals surface area contributed by atoms with Crippen LogP contribution in [0.4, 0.5) is 5.69 Å². The molecule has 0 heterocycles. The minimum atomic E-state index is -0.115. The molecule has 0 spiro atoms. The van der Waals surface area contributed by atoms with Gasteiger partial charge in [-0.2, -0.15) is 0 Å². The van der Waals surface area contributed by atoms with E-state index >= 15 is 0 Å². The summed E-state index contributed by atoms with van der Waals surface area (Å²) in [4.78, 5) is 12.2. The molecule has 0 aromatic heterocycles. The Morgan fingerprint density at radius 3 is 2.52 bits per heavy atom. The molecule has 1 N–H and O–H groups in total. The lowest BCUT2D eigenvalue weighted by molar-refractivity contribution is 0.102. The Morgan fingerprint density at radius 1 is 1.19 bits per heavy atom.